The molecule has 1 aromatic rings. The first-order valence-electron chi connectivity index (χ1n) is 6.50. The summed E-state index contributed by atoms with van der Waals surface area (Å²) in [6, 6.07) is 8.49. The molecule has 0 aliphatic heterocycles. The zero-order valence-corrected chi connectivity index (χ0v) is 11.4. The Bertz CT molecular complexity index is 436. The molecule has 3 heteroatoms. The van der Waals surface area contributed by atoms with E-state index in [1.165, 1.54) is 5.56 Å². The van der Waals surface area contributed by atoms with Crippen molar-refractivity contribution in [3.63, 3.8) is 0 Å². The van der Waals surface area contributed by atoms with Crippen molar-refractivity contribution in [3.8, 4) is 0 Å². The lowest BCUT2D eigenvalue weighted by molar-refractivity contribution is -0.123. The molecule has 1 fully saturated rings. The first kappa shape index (κ1) is 13.1. The van der Waals surface area contributed by atoms with Crippen LogP contribution < -0.4 is 11.1 Å². The third kappa shape index (κ3) is 2.56. The molecular formula is C15H22N2O. The number of hydrogen-bond acceptors (Lipinski definition) is 2. The summed E-state index contributed by atoms with van der Waals surface area (Å²) in [5.74, 6) is 0.0869. The Hall–Kier alpha value is -1.35. The Labute approximate surface area is 109 Å². The van der Waals surface area contributed by atoms with E-state index in [1.807, 2.05) is 31.2 Å². The maximum atomic E-state index is 11.9. The topological polar surface area (TPSA) is 55.1 Å². The number of carbonyl (C=O) groups excluding carboxylic acids is 1. The van der Waals surface area contributed by atoms with Gasteiger partial charge in [0.05, 0.1) is 6.42 Å². The van der Waals surface area contributed by atoms with Gasteiger partial charge in [-0.25, -0.2) is 0 Å². The van der Waals surface area contributed by atoms with Crippen LogP contribution in [0.25, 0.3) is 0 Å². The minimum absolute atomic E-state index is 0.0168. The molecule has 1 saturated carbocycles. The highest BCUT2D eigenvalue weighted by atomic mass is 16.1. The van der Waals surface area contributed by atoms with Crippen molar-refractivity contribution < 1.29 is 4.79 Å². The molecule has 3 nitrogen and oxygen atoms in total. The molecule has 1 amide bonds. The van der Waals surface area contributed by atoms with E-state index in [1.54, 1.807) is 0 Å². The van der Waals surface area contributed by atoms with E-state index >= 15 is 0 Å². The molecule has 2 atom stereocenters. The first-order valence-corrected chi connectivity index (χ1v) is 6.50. The fourth-order valence-corrected chi connectivity index (χ4v) is 2.34. The SMILES string of the molecule is Cc1ccc(CC(=O)NC2CC(N)C2(C)C)cc1. The summed E-state index contributed by atoms with van der Waals surface area (Å²) in [5, 5.41) is 3.08. The third-order valence-corrected chi connectivity index (χ3v) is 4.16. The van der Waals surface area contributed by atoms with E-state index in [-0.39, 0.29) is 23.4 Å². The number of rotatable bonds is 3. The van der Waals surface area contributed by atoms with Gasteiger partial charge >= 0.3 is 0 Å². The van der Waals surface area contributed by atoms with Crippen molar-refractivity contribution in [2.45, 2.75) is 45.7 Å². The summed E-state index contributed by atoms with van der Waals surface area (Å²) >= 11 is 0. The van der Waals surface area contributed by atoms with Gasteiger partial charge in [-0.3, -0.25) is 4.79 Å². The summed E-state index contributed by atoms with van der Waals surface area (Å²) in [4.78, 5) is 11.9. The van der Waals surface area contributed by atoms with Gasteiger partial charge in [-0.05, 0) is 18.9 Å². The van der Waals surface area contributed by atoms with E-state index in [9.17, 15) is 4.79 Å². The highest BCUT2D eigenvalue weighted by molar-refractivity contribution is 5.79. The van der Waals surface area contributed by atoms with Gasteiger partial charge in [0.1, 0.15) is 0 Å². The normalized spacial score (nSPS) is 25.3. The highest BCUT2D eigenvalue weighted by Crippen LogP contribution is 2.38. The molecule has 1 aromatic carbocycles. The molecule has 1 aliphatic carbocycles. The van der Waals surface area contributed by atoms with Crippen molar-refractivity contribution in [2.24, 2.45) is 11.1 Å². The fraction of sp³-hybridized carbons (Fsp3) is 0.533. The van der Waals surface area contributed by atoms with Crippen LogP contribution in [-0.2, 0) is 11.2 Å². The van der Waals surface area contributed by atoms with Crippen LogP contribution in [0.5, 0.6) is 0 Å². The predicted octanol–water partition coefficient (Wildman–Crippen LogP) is 1.78. The Morgan fingerprint density at radius 1 is 1.39 bits per heavy atom. The average Bonchev–Trinajstić information content (AvgIpc) is 2.32. The van der Waals surface area contributed by atoms with E-state index in [0.29, 0.717) is 6.42 Å². The van der Waals surface area contributed by atoms with Gasteiger partial charge in [0.25, 0.3) is 0 Å². The lowest BCUT2D eigenvalue weighted by atomic mass is 9.63. The van der Waals surface area contributed by atoms with Gasteiger partial charge in [-0.2, -0.15) is 0 Å². The molecular weight excluding hydrogens is 224 g/mol. The van der Waals surface area contributed by atoms with Crippen molar-refractivity contribution >= 4 is 5.91 Å². The molecule has 0 spiro atoms. The molecule has 98 valence electrons. The minimum atomic E-state index is 0.0168. The van der Waals surface area contributed by atoms with Crippen LogP contribution in [0.2, 0.25) is 0 Å². The van der Waals surface area contributed by atoms with Crippen molar-refractivity contribution in [2.75, 3.05) is 0 Å². The van der Waals surface area contributed by atoms with Crippen LogP contribution in [-0.4, -0.2) is 18.0 Å². The number of hydrogen-bond donors (Lipinski definition) is 2. The van der Waals surface area contributed by atoms with Crippen LogP contribution in [0, 0.1) is 12.3 Å². The third-order valence-electron chi connectivity index (χ3n) is 4.16. The second-order valence-corrected chi connectivity index (χ2v) is 5.95. The van der Waals surface area contributed by atoms with Crippen LogP contribution in [0.1, 0.15) is 31.4 Å². The maximum Gasteiger partial charge on any atom is 0.224 e. The molecule has 2 rings (SSSR count). The van der Waals surface area contributed by atoms with Crippen molar-refractivity contribution in [3.05, 3.63) is 35.4 Å². The summed E-state index contributed by atoms with van der Waals surface area (Å²) in [6.07, 6.45) is 1.33. The number of amides is 1. The molecule has 0 aromatic heterocycles. The summed E-state index contributed by atoms with van der Waals surface area (Å²) in [7, 11) is 0. The lowest BCUT2D eigenvalue weighted by Gasteiger charge is -2.50. The standard InChI is InChI=1S/C15H22N2O/c1-10-4-6-11(7-5-10)8-14(18)17-13-9-12(16)15(13,2)3/h4-7,12-13H,8-9,16H2,1-3H3,(H,17,18). The van der Waals surface area contributed by atoms with Crippen LogP contribution in [0.15, 0.2) is 24.3 Å². The molecule has 0 heterocycles. The van der Waals surface area contributed by atoms with Crippen molar-refractivity contribution in [1.29, 1.82) is 0 Å². The summed E-state index contributed by atoms with van der Waals surface area (Å²) in [6.45, 7) is 6.26. The molecule has 2 unspecified atom stereocenters. The quantitative estimate of drug-likeness (QED) is 0.854. The summed E-state index contributed by atoms with van der Waals surface area (Å²) < 4.78 is 0. The Kier molecular flexibility index (Phi) is 3.44. The number of nitrogens with two attached hydrogens (primary N) is 1. The van der Waals surface area contributed by atoms with Gasteiger partial charge in [0.2, 0.25) is 5.91 Å². The predicted molar refractivity (Wildman–Crippen MR) is 73.2 cm³/mol. The average molecular weight is 246 g/mol. The van der Waals surface area contributed by atoms with Gasteiger partial charge in [-0.1, -0.05) is 43.7 Å². The smallest absolute Gasteiger partial charge is 0.224 e. The number of aryl methyl sites for hydroxylation is 1. The Morgan fingerprint density at radius 2 is 2.00 bits per heavy atom. The van der Waals surface area contributed by atoms with E-state index < -0.39 is 0 Å². The molecule has 0 saturated heterocycles. The van der Waals surface area contributed by atoms with E-state index in [4.69, 9.17) is 5.73 Å². The number of carbonyl (C=O) groups is 1. The van der Waals surface area contributed by atoms with Crippen LogP contribution in [0.3, 0.4) is 0 Å². The lowest BCUT2D eigenvalue weighted by Crippen LogP contribution is -2.64. The Morgan fingerprint density at radius 3 is 2.50 bits per heavy atom. The van der Waals surface area contributed by atoms with Gasteiger partial charge in [-0.15, -0.1) is 0 Å². The van der Waals surface area contributed by atoms with E-state index in [2.05, 4.69) is 19.2 Å². The zero-order chi connectivity index (χ0) is 13.3. The molecule has 0 radical (unpaired) electrons. The number of benzene rings is 1. The van der Waals surface area contributed by atoms with Gasteiger partial charge < -0.3 is 11.1 Å². The molecule has 18 heavy (non-hydrogen) atoms. The van der Waals surface area contributed by atoms with Crippen LogP contribution in [0.4, 0.5) is 0 Å². The second-order valence-electron chi connectivity index (χ2n) is 5.95. The fourth-order valence-electron chi connectivity index (χ4n) is 2.34. The van der Waals surface area contributed by atoms with Crippen LogP contribution >= 0.6 is 0 Å². The minimum Gasteiger partial charge on any atom is -0.352 e. The summed E-state index contributed by atoms with van der Waals surface area (Å²) in [5.41, 5.74) is 8.23. The first-order chi connectivity index (χ1) is 8.39. The number of nitrogens with one attached hydrogen (secondary N) is 1. The zero-order valence-electron chi connectivity index (χ0n) is 11.4. The highest BCUT2D eigenvalue weighted by Gasteiger charge is 2.46. The van der Waals surface area contributed by atoms with E-state index in [0.717, 1.165) is 12.0 Å². The largest absolute Gasteiger partial charge is 0.352 e. The van der Waals surface area contributed by atoms with Gasteiger partial charge in [0.15, 0.2) is 0 Å². The molecule has 1 aliphatic rings. The second kappa shape index (κ2) is 4.73. The van der Waals surface area contributed by atoms with Crippen molar-refractivity contribution in [1.82, 2.24) is 5.32 Å². The monoisotopic (exact) mass is 246 g/mol. The maximum absolute atomic E-state index is 11.9. The molecule has 3 N–H and O–H groups in total. The Balaban J connectivity index is 1.88. The molecule has 0 bridgehead atoms. The van der Waals surface area contributed by atoms with Gasteiger partial charge in [0, 0.05) is 17.5 Å².